The van der Waals surface area contributed by atoms with Crippen LogP contribution >= 0.6 is 0 Å². The fourth-order valence-corrected chi connectivity index (χ4v) is 5.53. The van der Waals surface area contributed by atoms with Crippen LogP contribution in [0.5, 0.6) is 0 Å². The van der Waals surface area contributed by atoms with Crippen molar-refractivity contribution in [3.63, 3.8) is 0 Å². The highest BCUT2D eigenvalue weighted by atomic mass is 16.2. The Morgan fingerprint density at radius 1 is 1.08 bits per heavy atom. The number of rotatable bonds is 5. The molecule has 0 radical (unpaired) electrons. The van der Waals surface area contributed by atoms with Crippen molar-refractivity contribution < 1.29 is 4.79 Å². The van der Waals surface area contributed by atoms with Gasteiger partial charge in [-0.25, -0.2) is 4.98 Å². The summed E-state index contributed by atoms with van der Waals surface area (Å²) in [5.41, 5.74) is 10.1. The van der Waals surface area contributed by atoms with E-state index in [2.05, 4.69) is 76.1 Å². The van der Waals surface area contributed by atoms with Crippen LogP contribution in [-0.4, -0.2) is 62.6 Å². The van der Waals surface area contributed by atoms with Gasteiger partial charge in [0, 0.05) is 69.0 Å². The number of benzene rings is 2. The SMILES string of the molecule is Cc1cc(C(=O)N(C)C)ccc1C1=CCN(Cc2cc3c(-c4ccc5[nH]ncc5c4)ccnc3n2C)CC1. The normalized spacial score (nSPS) is 14.3. The van der Waals surface area contributed by atoms with Gasteiger partial charge in [0.1, 0.15) is 5.65 Å². The summed E-state index contributed by atoms with van der Waals surface area (Å²) in [6.45, 7) is 4.85. The van der Waals surface area contributed by atoms with Crippen LogP contribution in [0.1, 0.15) is 33.6 Å². The number of fused-ring (bicyclic) bond motifs is 2. The maximum Gasteiger partial charge on any atom is 0.253 e. The minimum Gasteiger partial charge on any atom is -0.345 e. The van der Waals surface area contributed by atoms with E-state index < -0.39 is 0 Å². The molecule has 5 aromatic rings. The zero-order chi connectivity index (χ0) is 26.4. The first-order valence-electron chi connectivity index (χ1n) is 13.0. The highest BCUT2D eigenvalue weighted by Crippen LogP contribution is 2.32. The highest BCUT2D eigenvalue weighted by Gasteiger charge is 2.19. The lowest BCUT2D eigenvalue weighted by Gasteiger charge is -2.27. The van der Waals surface area contributed by atoms with Crippen molar-refractivity contribution in [3.05, 3.63) is 89.4 Å². The Morgan fingerprint density at radius 2 is 1.95 bits per heavy atom. The van der Waals surface area contributed by atoms with Gasteiger partial charge in [0.25, 0.3) is 5.91 Å². The third kappa shape index (κ3) is 4.29. The number of pyridine rings is 1. The summed E-state index contributed by atoms with van der Waals surface area (Å²) in [5.74, 6) is 0.0399. The summed E-state index contributed by atoms with van der Waals surface area (Å²) < 4.78 is 2.22. The molecule has 0 saturated heterocycles. The Kier molecular flexibility index (Phi) is 6.08. The topological polar surface area (TPSA) is 70.1 Å². The summed E-state index contributed by atoms with van der Waals surface area (Å²) in [5, 5.41) is 9.47. The number of aryl methyl sites for hydroxylation is 2. The fourth-order valence-electron chi connectivity index (χ4n) is 5.53. The third-order valence-corrected chi connectivity index (χ3v) is 7.68. The van der Waals surface area contributed by atoms with Gasteiger partial charge in [-0.2, -0.15) is 5.10 Å². The molecule has 0 fully saturated rings. The van der Waals surface area contributed by atoms with Crippen molar-refractivity contribution in [3.8, 4) is 11.1 Å². The summed E-state index contributed by atoms with van der Waals surface area (Å²) >= 11 is 0. The molecule has 1 amide bonds. The van der Waals surface area contributed by atoms with Crippen LogP contribution in [0.4, 0.5) is 0 Å². The van der Waals surface area contributed by atoms with Crippen LogP contribution in [0.15, 0.2) is 67.0 Å². The zero-order valence-electron chi connectivity index (χ0n) is 22.3. The molecule has 1 aliphatic rings. The van der Waals surface area contributed by atoms with E-state index in [4.69, 9.17) is 4.98 Å². The largest absolute Gasteiger partial charge is 0.345 e. The van der Waals surface area contributed by atoms with Crippen molar-refractivity contribution in [2.45, 2.75) is 19.9 Å². The van der Waals surface area contributed by atoms with Crippen molar-refractivity contribution in [1.29, 1.82) is 0 Å². The molecule has 3 aromatic heterocycles. The Labute approximate surface area is 222 Å². The van der Waals surface area contributed by atoms with Gasteiger partial charge in [0.2, 0.25) is 0 Å². The van der Waals surface area contributed by atoms with Crippen LogP contribution < -0.4 is 0 Å². The van der Waals surface area contributed by atoms with Crippen LogP contribution in [0, 0.1) is 6.92 Å². The number of carbonyl (C=O) groups is 1. The number of nitrogens with zero attached hydrogens (tertiary/aromatic N) is 5. The highest BCUT2D eigenvalue weighted by molar-refractivity contribution is 5.96. The molecule has 0 spiro atoms. The second-order valence-electron chi connectivity index (χ2n) is 10.4. The van der Waals surface area contributed by atoms with Gasteiger partial charge in [0.05, 0.1) is 11.7 Å². The number of carbonyl (C=O) groups excluding carboxylic acids is 1. The predicted molar refractivity (Wildman–Crippen MR) is 153 cm³/mol. The number of aromatic amines is 1. The van der Waals surface area contributed by atoms with E-state index in [9.17, 15) is 4.79 Å². The second-order valence-corrected chi connectivity index (χ2v) is 10.4. The number of H-pyrrole nitrogens is 1. The van der Waals surface area contributed by atoms with Gasteiger partial charge >= 0.3 is 0 Å². The van der Waals surface area contributed by atoms with Gasteiger partial charge in [-0.1, -0.05) is 18.2 Å². The van der Waals surface area contributed by atoms with E-state index in [1.54, 1.807) is 19.0 Å². The van der Waals surface area contributed by atoms with Crippen molar-refractivity contribution >= 4 is 33.4 Å². The lowest BCUT2D eigenvalue weighted by molar-refractivity contribution is 0.0827. The van der Waals surface area contributed by atoms with Crippen molar-refractivity contribution in [2.24, 2.45) is 7.05 Å². The minimum absolute atomic E-state index is 0.0399. The maximum absolute atomic E-state index is 12.3. The van der Waals surface area contributed by atoms with Gasteiger partial charge in [0.15, 0.2) is 0 Å². The molecule has 1 aliphatic heterocycles. The van der Waals surface area contributed by atoms with Crippen molar-refractivity contribution in [1.82, 2.24) is 29.5 Å². The number of aromatic nitrogens is 4. The lowest BCUT2D eigenvalue weighted by Crippen LogP contribution is -2.29. The van der Waals surface area contributed by atoms with Gasteiger partial charge in [-0.15, -0.1) is 0 Å². The molecule has 7 nitrogen and oxygen atoms in total. The van der Waals surface area contributed by atoms with Gasteiger partial charge in [-0.05, 0) is 77.6 Å². The van der Waals surface area contributed by atoms with Crippen molar-refractivity contribution in [2.75, 3.05) is 27.2 Å². The Hall–Kier alpha value is -4.23. The smallest absolute Gasteiger partial charge is 0.253 e. The first-order chi connectivity index (χ1) is 18.4. The average Bonchev–Trinajstić information content (AvgIpc) is 3.52. The summed E-state index contributed by atoms with van der Waals surface area (Å²) in [7, 11) is 5.69. The van der Waals surface area contributed by atoms with Crippen LogP contribution in [0.2, 0.25) is 0 Å². The maximum atomic E-state index is 12.3. The fraction of sp³-hybridized carbons (Fsp3) is 0.258. The van der Waals surface area contributed by atoms with Gasteiger partial charge in [-0.3, -0.25) is 14.8 Å². The minimum atomic E-state index is 0.0399. The van der Waals surface area contributed by atoms with E-state index in [-0.39, 0.29) is 5.91 Å². The molecule has 2 aromatic carbocycles. The standard InChI is InChI=1S/C31H32N6O/c1-20-15-23(31(38)35(2)3)5-7-26(20)21-10-13-37(14-11-21)19-25-17-28-27(9-12-32-30(28)36(25)4)22-6-8-29-24(16-22)18-33-34-29/h5-10,12,15-18H,11,13-14,19H2,1-4H3,(H,33,34). The molecule has 0 saturated carbocycles. The molecule has 0 aliphatic carbocycles. The monoisotopic (exact) mass is 504 g/mol. The van der Waals surface area contributed by atoms with E-state index in [0.29, 0.717) is 0 Å². The number of hydrogen-bond acceptors (Lipinski definition) is 4. The molecule has 1 N–H and O–H groups in total. The Bertz CT molecular complexity index is 1710. The lowest BCUT2D eigenvalue weighted by atomic mass is 9.94. The Balaban J connectivity index is 1.22. The molecule has 6 rings (SSSR count). The molecule has 0 atom stereocenters. The number of hydrogen-bond donors (Lipinski definition) is 1. The summed E-state index contributed by atoms with van der Waals surface area (Å²) in [6.07, 6.45) is 7.09. The molecule has 38 heavy (non-hydrogen) atoms. The summed E-state index contributed by atoms with van der Waals surface area (Å²) in [4.78, 5) is 21.1. The van der Waals surface area contributed by atoms with Crippen LogP contribution in [0.25, 0.3) is 38.6 Å². The molecule has 7 heteroatoms. The number of amides is 1. The van der Waals surface area contributed by atoms with E-state index in [0.717, 1.165) is 53.7 Å². The molecular formula is C31H32N6O. The van der Waals surface area contributed by atoms with E-state index >= 15 is 0 Å². The first kappa shape index (κ1) is 24.1. The third-order valence-electron chi connectivity index (χ3n) is 7.68. The average molecular weight is 505 g/mol. The molecule has 4 heterocycles. The van der Waals surface area contributed by atoms with Crippen LogP contribution in [-0.2, 0) is 13.6 Å². The molecule has 0 bridgehead atoms. The quantitative estimate of drug-likeness (QED) is 0.347. The zero-order valence-corrected chi connectivity index (χ0v) is 22.3. The van der Waals surface area contributed by atoms with Gasteiger partial charge < -0.3 is 9.47 Å². The predicted octanol–water partition coefficient (Wildman–Crippen LogP) is 5.42. The molecular weight excluding hydrogens is 472 g/mol. The Morgan fingerprint density at radius 3 is 2.71 bits per heavy atom. The molecule has 192 valence electrons. The second kappa shape index (κ2) is 9.58. The number of nitrogens with one attached hydrogen (secondary N) is 1. The van der Waals surface area contributed by atoms with Crippen LogP contribution in [0.3, 0.4) is 0 Å². The summed E-state index contributed by atoms with van der Waals surface area (Å²) in [6, 6.07) is 16.9. The first-order valence-corrected chi connectivity index (χ1v) is 13.0. The van der Waals surface area contributed by atoms with E-state index in [1.807, 2.05) is 24.5 Å². The molecule has 0 unspecified atom stereocenters. The van der Waals surface area contributed by atoms with E-state index in [1.165, 1.54) is 33.3 Å².